The summed E-state index contributed by atoms with van der Waals surface area (Å²) in [6.45, 7) is 9.02. The number of nitrogens with one attached hydrogen (secondary N) is 1. The Kier molecular flexibility index (Phi) is 9.57. The van der Waals surface area contributed by atoms with Crippen molar-refractivity contribution in [3.63, 3.8) is 0 Å². The number of nitrogens with zero attached hydrogens (tertiary/aromatic N) is 2. The molecule has 0 spiro atoms. The molecule has 0 bridgehead atoms. The van der Waals surface area contributed by atoms with Crippen LogP contribution >= 0.6 is 11.6 Å². The molecule has 0 radical (unpaired) electrons. The van der Waals surface area contributed by atoms with Gasteiger partial charge in [0.2, 0.25) is 11.8 Å². The summed E-state index contributed by atoms with van der Waals surface area (Å²) in [7, 11) is -4.11. The smallest absolute Gasteiger partial charge is 0.264 e. The third-order valence-corrected chi connectivity index (χ3v) is 8.33. The van der Waals surface area contributed by atoms with Gasteiger partial charge in [-0.1, -0.05) is 53.6 Å². The van der Waals surface area contributed by atoms with Crippen molar-refractivity contribution in [2.24, 2.45) is 0 Å². The molecule has 0 saturated heterocycles. The quantitative estimate of drug-likeness (QED) is 0.381. The summed E-state index contributed by atoms with van der Waals surface area (Å²) < 4.78 is 29.0. The predicted molar refractivity (Wildman–Crippen MR) is 152 cm³/mol. The number of hydrogen-bond donors (Lipinski definition) is 1. The second-order valence-corrected chi connectivity index (χ2v) is 11.6. The lowest BCUT2D eigenvalue weighted by Crippen LogP contribution is -2.51. The number of amides is 2. The van der Waals surface area contributed by atoms with Gasteiger partial charge in [-0.25, -0.2) is 8.42 Å². The van der Waals surface area contributed by atoms with Crippen LogP contribution < -0.4 is 9.62 Å². The number of hydrogen-bond acceptors (Lipinski definition) is 4. The molecule has 0 saturated carbocycles. The van der Waals surface area contributed by atoms with Crippen LogP contribution in [0, 0.1) is 20.8 Å². The number of carbonyl (C=O) groups is 2. The molecule has 3 aromatic rings. The number of carbonyl (C=O) groups excluding carboxylic acids is 2. The molecule has 202 valence electrons. The highest BCUT2D eigenvalue weighted by Crippen LogP contribution is 2.28. The Morgan fingerprint density at radius 1 is 0.921 bits per heavy atom. The summed E-state index contributed by atoms with van der Waals surface area (Å²) in [5.74, 6) is -0.829. The van der Waals surface area contributed by atoms with Crippen molar-refractivity contribution < 1.29 is 18.0 Å². The second kappa shape index (κ2) is 12.5. The predicted octanol–water partition coefficient (Wildman–Crippen LogP) is 5.01. The maximum Gasteiger partial charge on any atom is 0.264 e. The molecule has 7 nitrogen and oxygen atoms in total. The van der Waals surface area contributed by atoms with Gasteiger partial charge in [-0.3, -0.25) is 13.9 Å². The minimum atomic E-state index is -4.11. The molecule has 0 fully saturated rings. The van der Waals surface area contributed by atoms with Crippen molar-refractivity contribution >= 4 is 39.1 Å². The van der Waals surface area contributed by atoms with E-state index in [1.165, 1.54) is 17.0 Å². The molecule has 0 aromatic heterocycles. The van der Waals surface area contributed by atoms with Gasteiger partial charge in [-0.15, -0.1) is 0 Å². The molecular weight excluding hydrogens is 522 g/mol. The van der Waals surface area contributed by atoms with Crippen molar-refractivity contribution in [2.45, 2.75) is 52.1 Å². The van der Waals surface area contributed by atoms with Gasteiger partial charge >= 0.3 is 0 Å². The molecule has 0 aliphatic carbocycles. The SMILES string of the molecule is CCNC(=O)C(C)N(Cc1ccc(Cl)cc1)C(=O)CN(c1cc(C)ccc1C)S(=O)(=O)c1ccc(C)cc1. The van der Waals surface area contributed by atoms with Gasteiger partial charge in [0.25, 0.3) is 10.0 Å². The van der Waals surface area contributed by atoms with Crippen LogP contribution in [0.5, 0.6) is 0 Å². The van der Waals surface area contributed by atoms with E-state index in [1.54, 1.807) is 63.2 Å². The molecule has 3 aromatic carbocycles. The molecule has 0 aliphatic heterocycles. The van der Waals surface area contributed by atoms with Gasteiger partial charge in [0.15, 0.2) is 0 Å². The van der Waals surface area contributed by atoms with Crippen molar-refractivity contribution in [2.75, 3.05) is 17.4 Å². The summed E-state index contributed by atoms with van der Waals surface area (Å²) in [5.41, 5.74) is 3.66. The van der Waals surface area contributed by atoms with Crippen LogP contribution in [-0.2, 0) is 26.2 Å². The number of sulfonamides is 1. The molecule has 0 heterocycles. The molecule has 38 heavy (non-hydrogen) atoms. The zero-order valence-electron chi connectivity index (χ0n) is 22.4. The number of halogens is 1. The first-order valence-electron chi connectivity index (χ1n) is 12.4. The van der Waals surface area contributed by atoms with Crippen LogP contribution in [0.15, 0.2) is 71.6 Å². The molecule has 1 atom stereocenters. The van der Waals surface area contributed by atoms with Crippen molar-refractivity contribution in [3.05, 3.63) is 94.0 Å². The minimum absolute atomic E-state index is 0.0813. The highest BCUT2D eigenvalue weighted by molar-refractivity contribution is 7.92. The molecule has 2 amide bonds. The Hall–Kier alpha value is -3.36. The Balaban J connectivity index is 2.07. The Labute approximate surface area is 230 Å². The van der Waals surface area contributed by atoms with E-state index in [1.807, 2.05) is 26.0 Å². The van der Waals surface area contributed by atoms with Gasteiger partial charge < -0.3 is 10.2 Å². The highest BCUT2D eigenvalue weighted by Gasteiger charge is 2.33. The van der Waals surface area contributed by atoms with E-state index in [0.29, 0.717) is 22.8 Å². The van der Waals surface area contributed by atoms with E-state index < -0.39 is 28.5 Å². The van der Waals surface area contributed by atoms with Crippen molar-refractivity contribution in [1.82, 2.24) is 10.2 Å². The van der Waals surface area contributed by atoms with Crippen LogP contribution in [0.2, 0.25) is 5.02 Å². The number of aryl methyl sites for hydroxylation is 3. The number of anilines is 1. The third-order valence-electron chi connectivity index (χ3n) is 6.31. The van der Waals surface area contributed by atoms with Crippen molar-refractivity contribution in [1.29, 1.82) is 0 Å². The zero-order valence-corrected chi connectivity index (χ0v) is 23.9. The first kappa shape index (κ1) is 29.2. The fourth-order valence-corrected chi connectivity index (χ4v) is 5.63. The number of benzene rings is 3. The highest BCUT2D eigenvalue weighted by atomic mass is 35.5. The molecule has 9 heteroatoms. The van der Waals surface area contributed by atoms with E-state index in [4.69, 9.17) is 11.6 Å². The summed E-state index contributed by atoms with van der Waals surface area (Å²) >= 11 is 6.03. The Morgan fingerprint density at radius 3 is 2.13 bits per heavy atom. The van der Waals surface area contributed by atoms with Gasteiger partial charge in [0, 0.05) is 18.1 Å². The average Bonchev–Trinajstić information content (AvgIpc) is 2.88. The number of likely N-dealkylation sites (N-methyl/N-ethyl adjacent to an activating group) is 1. The van der Waals surface area contributed by atoms with Gasteiger partial charge in [0.1, 0.15) is 12.6 Å². The lowest BCUT2D eigenvalue weighted by molar-refractivity contribution is -0.139. The second-order valence-electron chi connectivity index (χ2n) is 9.33. The lowest BCUT2D eigenvalue weighted by Gasteiger charge is -2.32. The third kappa shape index (κ3) is 6.94. The van der Waals surface area contributed by atoms with Crippen LogP contribution in [0.3, 0.4) is 0 Å². The van der Waals surface area contributed by atoms with Gasteiger partial charge in [-0.2, -0.15) is 0 Å². The van der Waals surface area contributed by atoms with Crippen molar-refractivity contribution in [3.8, 4) is 0 Å². The largest absolute Gasteiger partial charge is 0.355 e. The lowest BCUT2D eigenvalue weighted by atomic mass is 10.1. The summed E-state index contributed by atoms with van der Waals surface area (Å²) in [6.07, 6.45) is 0. The van der Waals surface area contributed by atoms with E-state index in [-0.39, 0.29) is 17.3 Å². The van der Waals surface area contributed by atoms with Crippen LogP contribution in [0.25, 0.3) is 0 Å². The topological polar surface area (TPSA) is 86.8 Å². The van der Waals surface area contributed by atoms with E-state index in [0.717, 1.165) is 21.0 Å². The van der Waals surface area contributed by atoms with E-state index in [2.05, 4.69) is 5.32 Å². The molecule has 3 rings (SSSR count). The van der Waals surface area contributed by atoms with E-state index in [9.17, 15) is 18.0 Å². The summed E-state index contributed by atoms with van der Waals surface area (Å²) in [4.78, 5) is 28.2. The molecule has 1 N–H and O–H groups in total. The minimum Gasteiger partial charge on any atom is -0.355 e. The Morgan fingerprint density at radius 2 is 1.53 bits per heavy atom. The maximum absolute atomic E-state index is 13.9. The number of rotatable bonds is 10. The average molecular weight is 556 g/mol. The molecular formula is C29H34ClN3O4S. The fraction of sp³-hybridized carbons (Fsp3) is 0.310. The van der Waals surface area contributed by atoms with Crippen LogP contribution in [0.1, 0.15) is 36.1 Å². The standard InChI is InChI=1S/C29H34ClN3O4S/c1-6-31-29(35)23(5)32(18-24-11-13-25(30)14-12-24)28(34)19-33(27-17-21(3)7-10-22(27)4)38(36,37)26-15-8-20(2)9-16-26/h7-17,23H,6,18-19H2,1-5H3,(H,31,35). The van der Waals surface area contributed by atoms with Crippen LogP contribution in [0.4, 0.5) is 5.69 Å². The van der Waals surface area contributed by atoms with E-state index >= 15 is 0 Å². The first-order chi connectivity index (χ1) is 17.9. The summed E-state index contributed by atoms with van der Waals surface area (Å²) in [5, 5.41) is 3.30. The fourth-order valence-electron chi connectivity index (χ4n) is 4.03. The van der Waals surface area contributed by atoms with Gasteiger partial charge in [0.05, 0.1) is 10.6 Å². The Bertz CT molecular complexity index is 1390. The summed E-state index contributed by atoms with van der Waals surface area (Å²) in [6, 6.07) is 18.1. The monoisotopic (exact) mass is 555 g/mol. The maximum atomic E-state index is 13.9. The molecule has 1 unspecified atom stereocenters. The van der Waals surface area contributed by atoms with Gasteiger partial charge in [-0.05, 0) is 81.6 Å². The van der Waals surface area contributed by atoms with Crippen LogP contribution in [-0.4, -0.2) is 44.3 Å². The normalized spacial score (nSPS) is 12.1. The zero-order chi connectivity index (χ0) is 28.0. The first-order valence-corrected chi connectivity index (χ1v) is 14.2. The molecule has 0 aliphatic rings.